The van der Waals surface area contributed by atoms with Gasteiger partial charge in [-0.2, -0.15) is 0 Å². The molecule has 0 fully saturated rings. The van der Waals surface area contributed by atoms with Gasteiger partial charge in [0.05, 0.1) is 13.2 Å². The molecule has 0 aliphatic heterocycles. The molecule has 0 aliphatic carbocycles. The van der Waals surface area contributed by atoms with E-state index in [0.717, 1.165) is 11.1 Å². The lowest BCUT2D eigenvalue weighted by Crippen LogP contribution is -2.48. The molecule has 2 N–H and O–H groups in total. The maximum absolute atomic E-state index is 13.6. The average molecular weight is 564 g/mol. The van der Waals surface area contributed by atoms with Crippen LogP contribution < -0.4 is 20.3 Å². The lowest BCUT2D eigenvalue weighted by atomic mass is 10.0. The zero-order valence-corrected chi connectivity index (χ0v) is 23.5. The quantitative estimate of drug-likeness (QED) is 0.251. The number of carbonyl (C=O) groups is 4. The third-order valence-electron chi connectivity index (χ3n) is 6.84. The molecule has 4 aromatic rings. The lowest BCUT2D eigenvalue weighted by Gasteiger charge is -2.25. The molecule has 4 aromatic carbocycles. The summed E-state index contributed by atoms with van der Waals surface area (Å²) in [4.78, 5) is 53.1. The average Bonchev–Trinajstić information content (AvgIpc) is 3.04. The maximum atomic E-state index is 13.6. The molecule has 0 bridgehead atoms. The van der Waals surface area contributed by atoms with Crippen molar-refractivity contribution in [1.29, 1.82) is 0 Å². The Hall–Kier alpha value is -5.24. The molecule has 42 heavy (non-hydrogen) atoms. The highest BCUT2D eigenvalue weighted by atomic mass is 16.5. The Kier molecular flexibility index (Phi) is 10.2. The predicted molar refractivity (Wildman–Crippen MR) is 162 cm³/mol. The Bertz CT molecular complexity index is 1510. The van der Waals surface area contributed by atoms with Crippen molar-refractivity contribution < 1.29 is 23.9 Å². The number of rotatable bonds is 12. The standard InChI is InChI=1S/C34H33N3O5/c1-37(29-16-18-30(42-2)19-17-29)34(41)31(21-25-12-7-4-8-13-25)36-33(40)27-15-9-14-26(22-27)32(39)35-28(23-38)20-24-10-5-3-6-11-24/h3-19,22-23,28,31H,20-21H2,1-2H3,(H,35,39)(H,36,40)/t28-,31-/m0/s1. The molecule has 0 unspecified atom stereocenters. The number of anilines is 1. The van der Waals surface area contributed by atoms with Crippen molar-refractivity contribution >= 4 is 29.7 Å². The predicted octanol–water partition coefficient (Wildman–Crippen LogP) is 4.24. The number of hydrogen-bond donors (Lipinski definition) is 2. The van der Waals surface area contributed by atoms with Crippen LogP contribution in [-0.2, 0) is 22.4 Å². The molecule has 0 spiro atoms. The van der Waals surface area contributed by atoms with Crippen LogP contribution in [-0.4, -0.2) is 50.2 Å². The van der Waals surface area contributed by atoms with Crippen molar-refractivity contribution in [3.63, 3.8) is 0 Å². The van der Waals surface area contributed by atoms with Crippen LogP contribution >= 0.6 is 0 Å². The Morgan fingerprint density at radius 3 is 1.83 bits per heavy atom. The molecular formula is C34H33N3O5. The summed E-state index contributed by atoms with van der Waals surface area (Å²) in [5, 5.41) is 5.58. The van der Waals surface area contributed by atoms with E-state index in [1.165, 1.54) is 11.0 Å². The van der Waals surface area contributed by atoms with Crippen LogP contribution in [0, 0.1) is 0 Å². The van der Waals surface area contributed by atoms with Crippen LogP contribution in [0.1, 0.15) is 31.8 Å². The van der Waals surface area contributed by atoms with E-state index in [1.54, 1.807) is 56.6 Å². The molecule has 0 heterocycles. The number of amides is 3. The smallest absolute Gasteiger partial charge is 0.251 e. The number of methoxy groups -OCH3 is 1. The number of nitrogens with zero attached hydrogens (tertiary/aromatic N) is 1. The van der Waals surface area contributed by atoms with Crippen molar-refractivity contribution in [2.45, 2.75) is 24.9 Å². The summed E-state index contributed by atoms with van der Waals surface area (Å²) in [6.07, 6.45) is 1.31. The molecule has 2 atom stereocenters. The second-order valence-corrected chi connectivity index (χ2v) is 9.80. The van der Waals surface area contributed by atoms with Crippen molar-refractivity contribution in [3.8, 4) is 5.75 Å². The minimum Gasteiger partial charge on any atom is -0.497 e. The number of hydrogen-bond acceptors (Lipinski definition) is 5. The zero-order chi connectivity index (χ0) is 29.9. The van der Waals surface area contributed by atoms with Crippen LogP contribution in [0.25, 0.3) is 0 Å². The van der Waals surface area contributed by atoms with Gasteiger partial charge in [0, 0.05) is 30.3 Å². The van der Waals surface area contributed by atoms with Crippen LogP contribution in [0.3, 0.4) is 0 Å². The molecule has 0 radical (unpaired) electrons. The Morgan fingerprint density at radius 2 is 1.29 bits per heavy atom. The van der Waals surface area contributed by atoms with Crippen LogP contribution in [0.4, 0.5) is 5.69 Å². The van der Waals surface area contributed by atoms with E-state index in [9.17, 15) is 19.2 Å². The molecule has 8 heteroatoms. The molecule has 0 aromatic heterocycles. The minimum atomic E-state index is -0.880. The topological polar surface area (TPSA) is 105 Å². The van der Waals surface area contributed by atoms with Crippen molar-refractivity contribution in [2.75, 3.05) is 19.1 Å². The molecule has 8 nitrogen and oxygen atoms in total. The second-order valence-electron chi connectivity index (χ2n) is 9.80. The molecule has 4 rings (SSSR count). The fourth-order valence-electron chi connectivity index (χ4n) is 4.51. The SMILES string of the molecule is COc1ccc(N(C)C(=O)[C@H](Cc2ccccc2)NC(=O)c2cccc(C(=O)N[C@H](C=O)Cc3ccccc3)c2)cc1. The molecule has 0 saturated heterocycles. The van der Waals surface area contributed by atoms with E-state index in [4.69, 9.17) is 4.74 Å². The highest BCUT2D eigenvalue weighted by Gasteiger charge is 2.26. The summed E-state index contributed by atoms with van der Waals surface area (Å²) < 4.78 is 5.21. The summed E-state index contributed by atoms with van der Waals surface area (Å²) in [7, 11) is 3.22. The van der Waals surface area contributed by atoms with Gasteiger partial charge in [-0.15, -0.1) is 0 Å². The van der Waals surface area contributed by atoms with E-state index in [2.05, 4.69) is 10.6 Å². The van der Waals surface area contributed by atoms with Gasteiger partial charge in [-0.25, -0.2) is 0 Å². The first-order chi connectivity index (χ1) is 20.4. The number of aldehydes is 1. The highest BCUT2D eigenvalue weighted by Crippen LogP contribution is 2.20. The Labute approximate surface area is 245 Å². The van der Waals surface area contributed by atoms with Gasteiger partial charge in [0.15, 0.2) is 0 Å². The first-order valence-corrected chi connectivity index (χ1v) is 13.5. The van der Waals surface area contributed by atoms with Gasteiger partial charge in [-0.05, 0) is 60.0 Å². The van der Waals surface area contributed by atoms with Crippen LogP contribution in [0.5, 0.6) is 5.75 Å². The third-order valence-corrected chi connectivity index (χ3v) is 6.84. The second kappa shape index (κ2) is 14.4. The minimum absolute atomic E-state index is 0.214. The van der Waals surface area contributed by atoms with Crippen molar-refractivity contribution in [2.24, 2.45) is 0 Å². The molecule has 0 saturated carbocycles. The van der Waals surface area contributed by atoms with Gasteiger partial charge in [-0.1, -0.05) is 66.7 Å². The first-order valence-electron chi connectivity index (χ1n) is 13.5. The van der Waals surface area contributed by atoms with E-state index in [0.29, 0.717) is 24.1 Å². The summed E-state index contributed by atoms with van der Waals surface area (Å²) in [6, 6.07) is 30.4. The van der Waals surface area contributed by atoms with Gasteiger partial charge in [0.1, 0.15) is 18.1 Å². The van der Waals surface area contributed by atoms with Crippen LogP contribution in [0.2, 0.25) is 0 Å². The van der Waals surface area contributed by atoms with E-state index in [-0.39, 0.29) is 23.5 Å². The molecular weight excluding hydrogens is 530 g/mol. The fourth-order valence-corrected chi connectivity index (χ4v) is 4.51. The number of carbonyl (C=O) groups excluding carboxylic acids is 4. The highest BCUT2D eigenvalue weighted by molar-refractivity contribution is 6.04. The third kappa shape index (κ3) is 7.91. The molecule has 0 aliphatic rings. The fraction of sp³-hybridized carbons (Fsp3) is 0.176. The van der Waals surface area contributed by atoms with E-state index in [1.807, 2.05) is 60.7 Å². The van der Waals surface area contributed by atoms with E-state index >= 15 is 0 Å². The van der Waals surface area contributed by atoms with E-state index < -0.39 is 23.9 Å². The monoisotopic (exact) mass is 563 g/mol. The van der Waals surface area contributed by atoms with Gasteiger partial charge >= 0.3 is 0 Å². The number of likely N-dealkylation sites (N-methyl/N-ethyl adjacent to an activating group) is 1. The molecule has 3 amide bonds. The van der Waals surface area contributed by atoms with Gasteiger partial charge in [0.25, 0.3) is 11.8 Å². The summed E-state index contributed by atoms with van der Waals surface area (Å²) in [5.74, 6) is -0.620. The van der Waals surface area contributed by atoms with Gasteiger partial charge in [0.2, 0.25) is 5.91 Å². The number of nitrogens with one attached hydrogen (secondary N) is 2. The van der Waals surface area contributed by atoms with Gasteiger partial charge in [-0.3, -0.25) is 14.4 Å². The van der Waals surface area contributed by atoms with Crippen LogP contribution in [0.15, 0.2) is 109 Å². The zero-order valence-electron chi connectivity index (χ0n) is 23.5. The molecule has 214 valence electrons. The number of ether oxygens (including phenoxy) is 1. The van der Waals surface area contributed by atoms with Crippen molar-refractivity contribution in [3.05, 3.63) is 131 Å². The number of benzene rings is 4. The Balaban J connectivity index is 1.50. The summed E-state index contributed by atoms with van der Waals surface area (Å²) >= 11 is 0. The lowest BCUT2D eigenvalue weighted by molar-refractivity contribution is -0.120. The maximum Gasteiger partial charge on any atom is 0.251 e. The first kappa shape index (κ1) is 29.7. The summed E-state index contributed by atoms with van der Waals surface area (Å²) in [5.41, 5.74) is 2.88. The van der Waals surface area contributed by atoms with Crippen molar-refractivity contribution in [1.82, 2.24) is 10.6 Å². The normalized spacial score (nSPS) is 12.0. The van der Waals surface area contributed by atoms with Gasteiger partial charge < -0.3 is 25.1 Å². The summed E-state index contributed by atoms with van der Waals surface area (Å²) in [6.45, 7) is 0. The largest absolute Gasteiger partial charge is 0.497 e. The Morgan fingerprint density at radius 1 is 0.738 bits per heavy atom.